The second-order valence-electron chi connectivity index (χ2n) is 4.69. The molecule has 0 spiro atoms. The zero-order chi connectivity index (χ0) is 15.5. The molecule has 118 valence electrons. The summed E-state index contributed by atoms with van der Waals surface area (Å²) < 4.78 is 4.91. The van der Waals surface area contributed by atoms with Gasteiger partial charge in [-0.3, -0.25) is 4.79 Å². The minimum absolute atomic E-state index is 0.121. The first-order chi connectivity index (χ1) is 10.2. The van der Waals surface area contributed by atoms with Crippen LogP contribution in [0.4, 0.5) is 5.69 Å². The summed E-state index contributed by atoms with van der Waals surface area (Å²) in [6, 6.07) is 8.35. The number of carbonyl (C=O) groups is 1. The van der Waals surface area contributed by atoms with Crippen LogP contribution in [0.15, 0.2) is 24.3 Å². The normalized spacial score (nSPS) is 10.4. The fourth-order valence-corrected chi connectivity index (χ4v) is 2.53. The minimum atomic E-state index is -0.121. The van der Waals surface area contributed by atoms with Gasteiger partial charge in [0.05, 0.1) is 6.61 Å². The largest absolute Gasteiger partial charge is 0.466 e. The maximum absolute atomic E-state index is 11.3. The molecule has 1 rings (SSSR count). The summed E-state index contributed by atoms with van der Waals surface area (Å²) in [5.41, 5.74) is 2.35. The van der Waals surface area contributed by atoms with Crippen LogP contribution in [-0.2, 0) is 16.0 Å². The molecular formula is C16H23Cl2NO2. The van der Waals surface area contributed by atoms with E-state index in [0.717, 1.165) is 31.6 Å². The van der Waals surface area contributed by atoms with E-state index in [0.29, 0.717) is 24.8 Å². The first kappa shape index (κ1) is 18.1. The molecule has 0 N–H and O–H groups in total. The molecule has 0 heterocycles. The number of hydrogen-bond acceptors (Lipinski definition) is 3. The van der Waals surface area contributed by atoms with Crippen molar-refractivity contribution in [3.63, 3.8) is 0 Å². The van der Waals surface area contributed by atoms with Crippen molar-refractivity contribution in [3.8, 4) is 0 Å². The van der Waals surface area contributed by atoms with E-state index in [-0.39, 0.29) is 5.97 Å². The van der Waals surface area contributed by atoms with Gasteiger partial charge in [-0.25, -0.2) is 0 Å². The Morgan fingerprint density at radius 3 is 2.29 bits per heavy atom. The van der Waals surface area contributed by atoms with Crippen LogP contribution >= 0.6 is 23.2 Å². The Labute approximate surface area is 137 Å². The molecule has 5 heteroatoms. The Bertz CT molecular complexity index is 403. The second kappa shape index (κ2) is 10.7. The zero-order valence-corrected chi connectivity index (χ0v) is 14.0. The standard InChI is InChI=1S/C16H23Cl2NO2/c1-2-21-16(20)5-3-4-14-6-8-15(9-7-14)19(12-10-17)13-11-18/h6-9H,2-5,10-13H2,1H3. The van der Waals surface area contributed by atoms with Crippen LogP contribution in [0.2, 0.25) is 0 Å². The number of anilines is 1. The maximum Gasteiger partial charge on any atom is 0.305 e. The maximum atomic E-state index is 11.3. The lowest BCUT2D eigenvalue weighted by atomic mass is 10.1. The SMILES string of the molecule is CCOC(=O)CCCc1ccc(N(CCCl)CCCl)cc1. The van der Waals surface area contributed by atoms with E-state index in [4.69, 9.17) is 27.9 Å². The van der Waals surface area contributed by atoms with Gasteiger partial charge in [-0.15, -0.1) is 23.2 Å². The molecule has 0 aliphatic heterocycles. The fourth-order valence-electron chi connectivity index (χ4n) is 2.12. The number of aryl methyl sites for hydroxylation is 1. The Morgan fingerprint density at radius 1 is 1.14 bits per heavy atom. The highest BCUT2D eigenvalue weighted by molar-refractivity contribution is 6.18. The summed E-state index contributed by atoms with van der Waals surface area (Å²) >= 11 is 11.6. The van der Waals surface area contributed by atoms with Crippen molar-refractivity contribution in [3.05, 3.63) is 29.8 Å². The molecule has 0 aromatic heterocycles. The van der Waals surface area contributed by atoms with Crippen LogP contribution < -0.4 is 4.90 Å². The highest BCUT2D eigenvalue weighted by Gasteiger charge is 2.06. The highest BCUT2D eigenvalue weighted by Crippen LogP contribution is 2.17. The smallest absolute Gasteiger partial charge is 0.305 e. The van der Waals surface area contributed by atoms with Crippen molar-refractivity contribution in [1.29, 1.82) is 0 Å². The first-order valence-electron chi connectivity index (χ1n) is 7.32. The molecule has 1 aromatic carbocycles. The number of hydrogen-bond donors (Lipinski definition) is 0. The van der Waals surface area contributed by atoms with Gasteiger partial charge >= 0.3 is 5.97 Å². The van der Waals surface area contributed by atoms with Gasteiger partial charge in [0, 0.05) is 37.0 Å². The lowest BCUT2D eigenvalue weighted by molar-refractivity contribution is -0.143. The number of alkyl halides is 2. The molecule has 21 heavy (non-hydrogen) atoms. The van der Waals surface area contributed by atoms with Crippen molar-refractivity contribution in [1.82, 2.24) is 0 Å². The van der Waals surface area contributed by atoms with Crippen LogP contribution in [-0.4, -0.2) is 37.4 Å². The molecule has 3 nitrogen and oxygen atoms in total. The third kappa shape index (κ3) is 7.05. The van der Waals surface area contributed by atoms with Gasteiger partial charge in [-0.2, -0.15) is 0 Å². The van der Waals surface area contributed by atoms with Crippen LogP contribution in [0.1, 0.15) is 25.3 Å². The van der Waals surface area contributed by atoms with E-state index >= 15 is 0 Å². The number of nitrogens with zero attached hydrogens (tertiary/aromatic N) is 1. The summed E-state index contributed by atoms with van der Waals surface area (Å²) in [5, 5.41) is 0. The topological polar surface area (TPSA) is 29.5 Å². The summed E-state index contributed by atoms with van der Waals surface area (Å²) in [5.74, 6) is 1.04. The third-order valence-corrected chi connectivity index (χ3v) is 3.50. The molecule has 0 saturated heterocycles. The molecule has 1 aromatic rings. The second-order valence-corrected chi connectivity index (χ2v) is 5.45. The van der Waals surface area contributed by atoms with Gasteiger partial charge in [0.15, 0.2) is 0 Å². The van der Waals surface area contributed by atoms with E-state index in [2.05, 4.69) is 29.2 Å². The zero-order valence-electron chi connectivity index (χ0n) is 12.5. The molecule has 0 radical (unpaired) electrons. The van der Waals surface area contributed by atoms with Gasteiger partial charge in [0.25, 0.3) is 0 Å². The van der Waals surface area contributed by atoms with Gasteiger partial charge in [-0.05, 0) is 37.5 Å². The molecule has 0 atom stereocenters. The monoisotopic (exact) mass is 331 g/mol. The number of esters is 1. The van der Waals surface area contributed by atoms with Crippen LogP contribution in [0, 0.1) is 0 Å². The number of rotatable bonds is 10. The van der Waals surface area contributed by atoms with Crippen molar-refractivity contribution in [2.45, 2.75) is 26.2 Å². The quantitative estimate of drug-likeness (QED) is 0.481. The lowest BCUT2D eigenvalue weighted by Gasteiger charge is -2.23. The van der Waals surface area contributed by atoms with Gasteiger partial charge in [0.1, 0.15) is 0 Å². The molecule has 0 unspecified atom stereocenters. The summed E-state index contributed by atoms with van der Waals surface area (Å²) in [4.78, 5) is 13.4. The molecule has 0 amide bonds. The van der Waals surface area contributed by atoms with Crippen molar-refractivity contribution >= 4 is 34.9 Å². The Morgan fingerprint density at radius 2 is 1.76 bits per heavy atom. The average molecular weight is 332 g/mol. The van der Waals surface area contributed by atoms with Crippen molar-refractivity contribution < 1.29 is 9.53 Å². The summed E-state index contributed by atoms with van der Waals surface area (Å²) in [7, 11) is 0. The van der Waals surface area contributed by atoms with Crippen LogP contribution in [0.5, 0.6) is 0 Å². The van der Waals surface area contributed by atoms with Crippen molar-refractivity contribution in [2.24, 2.45) is 0 Å². The predicted molar refractivity (Wildman–Crippen MR) is 89.7 cm³/mol. The van der Waals surface area contributed by atoms with E-state index < -0.39 is 0 Å². The molecule has 0 aliphatic rings. The predicted octanol–water partition coefficient (Wildman–Crippen LogP) is 3.86. The van der Waals surface area contributed by atoms with Gasteiger partial charge < -0.3 is 9.64 Å². The van der Waals surface area contributed by atoms with E-state index in [1.807, 2.05) is 6.92 Å². The average Bonchev–Trinajstić information content (AvgIpc) is 2.48. The number of ether oxygens (including phenoxy) is 1. The fraction of sp³-hybridized carbons (Fsp3) is 0.562. The molecule has 0 saturated carbocycles. The molecule has 0 bridgehead atoms. The minimum Gasteiger partial charge on any atom is -0.466 e. The summed E-state index contributed by atoms with van der Waals surface area (Å²) in [6.07, 6.45) is 2.16. The number of halogens is 2. The Kier molecular flexibility index (Phi) is 9.27. The van der Waals surface area contributed by atoms with Crippen LogP contribution in [0.3, 0.4) is 0 Å². The highest BCUT2D eigenvalue weighted by atomic mass is 35.5. The van der Waals surface area contributed by atoms with Crippen molar-refractivity contribution in [2.75, 3.05) is 36.4 Å². The number of carbonyl (C=O) groups excluding carboxylic acids is 1. The van der Waals surface area contributed by atoms with Gasteiger partial charge in [-0.1, -0.05) is 12.1 Å². The molecule has 0 fully saturated rings. The number of benzene rings is 1. The lowest BCUT2D eigenvalue weighted by Crippen LogP contribution is -2.27. The Balaban J connectivity index is 2.47. The third-order valence-electron chi connectivity index (χ3n) is 3.16. The Hall–Kier alpha value is -0.930. The van der Waals surface area contributed by atoms with Gasteiger partial charge in [0.2, 0.25) is 0 Å². The summed E-state index contributed by atoms with van der Waals surface area (Å²) in [6.45, 7) is 3.85. The van der Waals surface area contributed by atoms with E-state index in [9.17, 15) is 4.79 Å². The first-order valence-corrected chi connectivity index (χ1v) is 8.39. The molecule has 0 aliphatic carbocycles. The van der Waals surface area contributed by atoms with E-state index in [1.54, 1.807) is 0 Å². The van der Waals surface area contributed by atoms with E-state index in [1.165, 1.54) is 5.56 Å². The molecular weight excluding hydrogens is 309 g/mol. The van der Waals surface area contributed by atoms with Crippen LogP contribution in [0.25, 0.3) is 0 Å².